The van der Waals surface area contributed by atoms with Gasteiger partial charge in [-0.15, -0.1) is 0 Å². The van der Waals surface area contributed by atoms with E-state index in [1.54, 1.807) is 16.7 Å². The number of aliphatic carboxylic acids is 1. The Balaban J connectivity index is 2.52. The second-order valence-corrected chi connectivity index (χ2v) is 5.72. The van der Waals surface area contributed by atoms with E-state index in [0.717, 1.165) is 12.2 Å². The highest BCUT2D eigenvalue weighted by Gasteiger charge is 2.45. The highest BCUT2D eigenvalue weighted by molar-refractivity contribution is 7.98. The fraction of sp³-hybridized carbons (Fsp3) is 0.833. The van der Waals surface area contributed by atoms with E-state index >= 15 is 0 Å². The van der Waals surface area contributed by atoms with Gasteiger partial charge in [-0.2, -0.15) is 11.8 Å². The largest absolute Gasteiger partial charge is 0.481 e. The quantitative estimate of drug-likeness (QED) is 0.722. The van der Waals surface area contributed by atoms with Crippen LogP contribution in [0.4, 0.5) is 4.79 Å². The predicted octanol–water partition coefficient (Wildman–Crippen LogP) is 1.64. The fourth-order valence-electron chi connectivity index (χ4n) is 2.38. The molecule has 18 heavy (non-hydrogen) atoms. The summed E-state index contributed by atoms with van der Waals surface area (Å²) in [6.45, 7) is 3.48. The smallest absolute Gasteiger partial charge is 0.317 e. The molecule has 0 aromatic heterocycles. The van der Waals surface area contributed by atoms with Crippen LogP contribution < -0.4 is 5.32 Å². The van der Waals surface area contributed by atoms with Crippen LogP contribution in [0.2, 0.25) is 0 Å². The zero-order valence-electron chi connectivity index (χ0n) is 11.1. The fourth-order valence-corrected chi connectivity index (χ4v) is 2.69. The Morgan fingerprint density at radius 1 is 1.50 bits per heavy atom. The number of hydrogen-bond acceptors (Lipinski definition) is 3. The molecule has 1 fully saturated rings. The molecule has 0 aromatic rings. The number of likely N-dealkylation sites (tertiary alicyclic amines) is 1. The highest BCUT2D eigenvalue weighted by atomic mass is 32.2. The van der Waals surface area contributed by atoms with Crippen molar-refractivity contribution in [3.8, 4) is 0 Å². The number of amides is 2. The number of carboxylic acid groups (broad SMARTS) is 1. The molecule has 0 radical (unpaired) electrons. The summed E-state index contributed by atoms with van der Waals surface area (Å²) in [6, 6.07) is -0.136. The lowest BCUT2D eigenvalue weighted by atomic mass is 9.83. The monoisotopic (exact) mass is 274 g/mol. The molecule has 6 heteroatoms. The average molecular weight is 274 g/mol. The number of thioether (sulfide) groups is 1. The topological polar surface area (TPSA) is 69.6 Å². The maximum Gasteiger partial charge on any atom is 0.317 e. The minimum Gasteiger partial charge on any atom is -0.481 e. The molecule has 0 saturated carbocycles. The number of carboxylic acids is 1. The Morgan fingerprint density at radius 2 is 2.22 bits per heavy atom. The van der Waals surface area contributed by atoms with Gasteiger partial charge in [0.2, 0.25) is 0 Å². The molecular weight excluding hydrogens is 252 g/mol. The van der Waals surface area contributed by atoms with Gasteiger partial charge in [0.1, 0.15) is 0 Å². The minimum atomic E-state index is -0.774. The van der Waals surface area contributed by atoms with Crippen LogP contribution in [0.25, 0.3) is 0 Å². The average Bonchev–Trinajstić information content (AvgIpc) is 2.75. The lowest BCUT2D eigenvalue weighted by molar-refractivity contribution is -0.148. The molecule has 0 spiro atoms. The molecule has 5 nitrogen and oxygen atoms in total. The normalized spacial score (nSPS) is 23.1. The van der Waals surface area contributed by atoms with Gasteiger partial charge in [0.05, 0.1) is 5.41 Å². The van der Waals surface area contributed by atoms with E-state index < -0.39 is 11.4 Å². The van der Waals surface area contributed by atoms with Crippen LogP contribution >= 0.6 is 11.8 Å². The maximum atomic E-state index is 11.8. The molecule has 0 aromatic carbocycles. The first kappa shape index (κ1) is 15.1. The van der Waals surface area contributed by atoms with Crippen molar-refractivity contribution in [3.05, 3.63) is 0 Å². The van der Waals surface area contributed by atoms with Gasteiger partial charge in [0.25, 0.3) is 0 Å². The second-order valence-electron chi connectivity index (χ2n) is 4.73. The van der Waals surface area contributed by atoms with Gasteiger partial charge in [-0.3, -0.25) is 4.79 Å². The van der Waals surface area contributed by atoms with E-state index in [4.69, 9.17) is 0 Å². The van der Waals surface area contributed by atoms with Gasteiger partial charge in [-0.1, -0.05) is 13.3 Å². The maximum absolute atomic E-state index is 11.8. The van der Waals surface area contributed by atoms with Crippen molar-refractivity contribution in [2.45, 2.75) is 26.2 Å². The Kier molecular flexibility index (Phi) is 5.78. The predicted molar refractivity (Wildman–Crippen MR) is 72.9 cm³/mol. The van der Waals surface area contributed by atoms with Crippen LogP contribution in [0.3, 0.4) is 0 Å². The van der Waals surface area contributed by atoms with Gasteiger partial charge < -0.3 is 15.3 Å². The lowest BCUT2D eigenvalue weighted by Crippen LogP contribution is -2.42. The van der Waals surface area contributed by atoms with Gasteiger partial charge >= 0.3 is 12.0 Å². The zero-order chi connectivity index (χ0) is 13.6. The first-order chi connectivity index (χ1) is 8.55. The van der Waals surface area contributed by atoms with Crippen molar-refractivity contribution in [2.75, 3.05) is 31.6 Å². The van der Waals surface area contributed by atoms with Gasteiger partial charge in [0.15, 0.2) is 0 Å². The van der Waals surface area contributed by atoms with Gasteiger partial charge in [-0.05, 0) is 19.1 Å². The van der Waals surface area contributed by atoms with Crippen LogP contribution in [-0.2, 0) is 4.79 Å². The summed E-state index contributed by atoms with van der Waals surface area (Å²) < 4.78 is 0. The first-order valence-corrected chi connectivity index (χ1v) is 7.70. The van der Waals surface area contributed by atoms with E-state index in [-0.39, 0.29) is 6.03 Å². The number of nitrogens with zero attached hydrogens (tertiary/aromatic N) is 1. The SMILES string of the molecule is CCCC1(C(=O)O)CCN(C(=O)NCCSC)C1. The second kappa shape index (κ2) is 6.87. The van der Waals surface area contributed by atoms with E-state index in [2.05, 4.69) is 5.32 Å². The summed E-state index contributed by atoms with van der Waals surface area (Å²) in [6.07, 6.45) is 4.01. The third-order valence-corrected chi connectivity index (χ3v) is 4.02. The van der Waals surface area contributed by atoms with Crippen molar-refractivity contribution in [1.29, 1.82) is 0 Å². The van der Waals surface area contributed by atoms with E-state index in [9.17, 15) is 14.7 Å². The summed E-state index contributed by atoms with van der Waals surface area (Å²) in [4.78, 5) is 24.9. The Labute approximate surface area is 112 Å². The molecule has 2 amide bonds. The van der Waals surface area contributed by atoms with Gasteiger partial charge in [0, 0.05) is 25.4 Å². The zero-order valence-corrected chi connectivity index (χ0v) is 11.9. The third-order valence-electron chi connectivity index (χ3n) is 3.41. The van der Waals surface area contributed by atoms with Crippen molar-refractivity contribution >= 4 is 23.8 Å². The lowest BCUT2D eigenvalue weighted by Gasteiger charge is -2.24. The molecule has 0 aliphatic carbocycles. The van der Waals surface area contributed by atoms with Crippen molar-refractivity contribution in [2.24, 2.45) is 5.41 Å². The first-order valence-electron chi connectivity index (χ1n) is 6.31. The highest BCUT2D eigenvalue weighted by Crippen LogP contribution is 2.35. The van der Waals surface area contributed by atoms with E-state index in [1.807, 2.05) is 13.2 Å². The summed E-state index contributed by atoms with van der Waals surface area (Å²) in [5.41, 5.74) is -0.731. The molecule has 1 saturated heterocycles. The van der Waals surface area contributed by atoms with Crippen molar-refractivity contribution in [1.82, 2.24) is 10.2 Å². The molecule has 104 valence electrons. The number of nitrogens with one attached hydrogen (secondary N) is 1. The molecule has 0 bridgehead atoms. The Bertz CT molecular complexity index is 312. The Morgan fingerprint density at radius 3 is 2.78 bits per heavy atom. The molecule has 1 rings (SSSR count). The molecule has 1 aliphatic heterocycles. The summed E-state index contributed by atoms with van der Waals surface area (Å²) in [7, 11) is 0. The summed E-state index contributed by atoms with van der Waals surface area (Å²) in [5.74, 6) is 0.0993. The standard InChI is InChI=1S/C12H22N2O3S/c1-3-4-12(10(15)16)5-7-14(9-12)11(17)13-6-8-18-2/h3-9H2,1-2H3,(H,13,17)(H,15,16). The van der Waals surface area contributed by atoms with Gasteiger partial charge in [-0.25, -0.2) is 4.79 Å². The van der Waals surface area contributed by atoms with Crippen LogP contribution in [0.5, 0.6) is 0 Å². The van der Waals surface area contributed by atoms with Crippen molar-refractivity contribution < 1.29 is 14.7 Å². The number of carbonyl (C=O) groups is 2. The summed E-state index contributed by atoms with van der Waals surface area (Å²) in [5, 5.41) is 12.2. The molecule has 1 heterocycles. The van der Waals surface area contributed by atoms with E-state index in [1.165, 1.54) is 0 Å². The minimum absolute atomic E-state index is 0.136. The third kappa shape index (κ3) is 3.54. The molecular formula is C12H22N2O3S. The molecule has 1 atom stereocenters. The van der Waals surface area contributed by atoms with Crippen molar-refractivity contribution in [3.63, 3.8) is 0 Å². The number of carbonyl (C=O) groups excluding carboxylic acids is 1. The van der Waals surface area contributed by atoms with Crippen LogP contribution in [0.1, 0.15) is 26.2 Å². The number of urea groups is 1. The molecule has 1 unspecified atom stereocenters. The summed E-state index contributed by atoms with van der Waals surface area (Å²) >= 11 is 1.67. The molecule has 1 aliphatic rings. The number of hydrogen-bond donors (Lipinski definition) is 2. The van der Waals surface area contributed by atoms with Crippen LogP contribution in [0.15, 0.2) is 0 Å². The number of rotatable bonds is 6. The Hall–Kier alpha value is -0.910. The van der Waals surface area contributed by atoms with Crippen LogP contribution in [0, 0.1) is 5.41 Å². The van der Waals surface area contributed by atoms with Crippen LogP contribution in [-0.4, -0.2) is 53.6 Å². The van der Waals surface area contributed by atoms with E-state index in [0.29, 0.717) is 32.5 Å². The molecule has 2 N–H and O–H groups in total.